The van der Waals surface area contributed by atoms with Crippen molar-refractivity contribution in [3.63, 3.8) is 0 Å². The van der Waals surface area contributed by atoms with Crippen LogP contribution in [0.5, 0.6) is 5.75 Å². The van der Waals surface area contributed by atoms with Crippen molar-refractivity contribution in [3.05, 3.63) is 65.2 Å². The highest BCUT2D eigenvalue weighted by Gasteiger charge is 2.30. The molecule has 0 aliphatic carbocycles. The minimum absolute atomic E-state index is 0.0310. The zero-order valence-corrected chi connectivity index (χ0v) is 20.3. The third-order valence-corrected chi connectivity index (χ3v) is 5.24. The Balaban J connectivity index is 2.01. The van der Waals surface area contributed by atoms with Crippen molar-refractivity contribution in [2.24, 2.45) is 0 Å². The van der Waals surface area contributed by atoms with Gasteiger partial charge in [-0.15, -0.1) is 0 Å². The van der Waals surface area contributed by atoms with Crippen molar-refractivity contribution in [2.45, 2.75) is 65.0 Å². The average molecular weight is 459 g/mol. The lowest BCUT2D eigenvalue weighted by Gasteiger charge is -2.33. The van der Waals surface area contributed by atoms with Crippen LogP contribution in [0.15, 0.2) is 54.6 Å². The van der Waals surface area contributed by atoms with E-state index < -0.39 is 6.04 Å². The van der Waals surface area contributed by atoms with E-state index in [0.717, 1.165) is 11.3 Å². The number of amides is 2. The molecule has 5 nitrogen and oxygen atoms in total. The van der Waals surface area contributed by atoms with E-state index in [0.29, 0.717) is 43.9 Å². The van der Waals surface area contributed by atoms with Crippen LogP contribution in [0.4, 0.5) is 0 Å². The molecule has 0 bridgehead atoms. The second-order valence-electron chi connectivity index (χ2n) is 8.89. The Kier molecular flexibility index (Phi) is 10.0. The molecule has 32 heavy (non-hydrogen) atoms. The molecule has 1 atom stereocenters. The Morgan fingerprint density at radius 2 is 1.72 bits per heavy atom. The summed E-state index contributed by atoms with van der Waals surface area (Å²) in [4.78, 5) is 27.8. The van der Waals surface area contributed by atoms with Crippen molar-refractivity contribution in [1.82, 2.24) is 10.2 Å². The van der Waals surface area contributed by atoms with Crippen LogP contribution in [-0.2, 0) is 16.0 Å². The van der Waals surface area contributed by atoms with Gasteiger partial charge in [-0.05, 0) is 69.9 Å². The average Bonchev–Trinajstić information content (AvgIpc) is 2.74. The fourth-order valence-corrected chi connectivity index (χ4v) is 3.56. The number of halogens is 1. The van der Waals surface area contributed by atoms with Gasteiger partial charge in [0, 0.05) is 23.5 Å². The molecule has 2 aromatic carbocycles. The van der Waals surface area contributed by atoms with E-state index in [1.165, 1.54) is 0 Å². The maximum Gasteiger partial charge on any atom is 0.243 e. The molecule has 6 heteroatoms. The molecule has 2 amide bonds. The summed E-state index contributed by atoms with van der Waals surface area (Å²) in [6, 6.07) is 16.7. The number of nitrogens with one attached hydrogen (secondary N) is 1. The minimum Gasteiger partial charge on any atom is -0.494 e. The van der Waals surface area contributed by atoms with Gasteiger partial charge in [-0.1, -0.05) is 48.9 Å². The first kappa shape index (κ1) is 25.7. The minimum atomic E-state index is -0.498. The summed E-state index contributed by atoms with van der Waals surface area (Å²) in [6.45, 7) is 8.70. The van der Waals surface area contributed by atoms with Gasteiger partial charge in [-0.3, -0.25) is 9.59 Å². The van der Waals surface area contributed by atoms with Gasteiger partial charge in [0.2, 0.25) is 11.8 Å². The Hall–Kier alpha value is -2.53. The van der Waals surface area contributed by atoms with Gasteiger partial charge >= 0.3 is 0 Å². The first-order valence-corrected chi connectivity index (χ1v) is 11.6. The highest BCUT2D eigenvalue weighted by molar-refractivity contribution is 6.30. The zero-order chi connectivity index (χ0) is 23.6. The summed E-state index contributed by atoms with van der Waals surface area (Å²) in [5, 5.41) is 3.68. The predicted molar refractivity (Wildman–Crippen MR) is 130 cm³/mol. The maximum absolute atomic E-state index is 13.2. The molecular weight excluding hydrogens is 424 g/mol. The molecule has 0 aliphatic heterocycles. The Morgan fingerprint density at radius 1 is 1.06 bits per heavy atom. The van der Waals surface area contributed by atoms with Crippen molar-refractivity contribution in [1.29, 1.82) is 0 Å². The summed E-state index contributed by atoms with van der Waals surface area (Å²) in [5.74, 6) is 0.578. The third-order valence-electron chi connectivity index (χ3n) is 4.99. The number of rotatable bonds is 11. The number of carbonyl (C=O) groups is 2. The topological polar surface area (TPSA) is 58.6 Å². The fourth-order valence-electron chi connectivity index (χ4n) is 3.44. The highest BCUT2D eigenvalue weighted by atomic mass is 35.5. The molecule has 2 rings (SSSR count). The first-order valence-electron chi connectivity index (χ1n) is 11.2. The molecule has 0 spiro atoms. The predicted octanol–water partition coefficient (Wildman–Crippen LogP) is 5.26. The monoisotopic (exact) mass is 458 g/mol. The van der Waals surface area contributed by atoms with Crippen molar-refractivity contribution >= 4 is 23.4 Å². The summed E-state index contributed by atoms with van der Waals surface area (Å²) < 4.78 is 5.71. The van der Waals surface area contributed by atoms with Gasteiger partial charge in [0.1, 0.15) is 11.8 Å². The molecule has 0 radical (unpaired) electrons. The number of hydrogen-bond acceptors (Lipinski definition) is 3. The molecule has 174 valence electrons. The molecule has 1 N–H and O–H groups in total. The largest absolute Gasteiger partial charge is 0.494 e. The number of carbonyl (C=O) groups excluding carboxylic acids is 2. The number of hydrogen-bond donors (Lipinski definition) is 1. The van der Waals surface area contributed by atoms with Gasteiger partial charge in [-0.2, -0.15) is 0 Å². The van der Waals surface area contributed by atoms with E-state index in [1.54, 1.807) is 29.2 Å². The van der Waals surface area contributed by atoms with Gasteiger partial charge in [-0.25, -0.2) is 0 Å². The molecule has 0 aromatic heterocycles. The third kappa shape index (κ3) is 8.91. The quantitative estimate of drug-likeness (QED) is 0.467. The van der Waals surface area contributed by atoms with Crippen molar-refractivity contribution in [2.75, 3.05) is 13.2 Å². The summed E-state index contributed by atoms with van der Waals surface area (Å²) >= 11 is 5.89. The molecule has 0 aliphatic rings. The molecule has 0 heterocycles. The van der Waals surface area contributed by atoms with Crippen LogP contribution in [0.25, 0.3) is 0 Å². The van der Waals surface area contributed by atoms with Crippen LogP contribution in [-0.4, -0.2) is 41.4 Å². The fraction of sp³-hybridized carbons (Fsp3) is 0.462. The van der Waals surface area contributed by atoms with Crippen molar-refractivity contribution < 1.29 is 14.3 Å². The molecular formula is C26H35ClN2O3. The second-order valence-corrected chi connectivity index (χ2v) is 9.33. The summed E-state index contributed by atoms with van der Waals surface area (Å²) in [6.07, 6.45) is 2.15. The van der Waals surface area contributed by atoms with Gasteiger partial charge in [0.05, 0.1) is 6.61 Å². The highest BCUT2D eigenvalue weighted by Crippen LogP contribution is 2.17. The maximum atomic E-state index is 13.2. The number of nitrogens with zero attached hydrogens (tertiary/aromatic N) is 1. The van der Waals surface area contributed by atoms with Gasteiger partial charge in [0.15, 0.2) is 0 Å². The summed E-state index contributed by atoms with van der Waals surface area (Å²) in [5.41, 5.74) is 0.785. The lowest BCUT2D eigenvalue weighted by molar-refractivity contribution is -0.141. The zero-order valence-electron chi connectivity index (χ0n) is 19.6. The van der Waals surface area contributed by atoms with Crippen LogP contribution in [0.2, 0.25) is 5.02 Å². The van der Waals surface area contributed by atoms with E-state index in [1.807, 2.05) is 58.0 Å². The van der Waals surface area contributed by atoms with Crippen LogP contribution in [0.1, 0.15) is 52.5 Å². The smallest absolute Gasteiger partial charge is 0.243 e. The van der Waals surface area contributed by atoms with E-state index in [-0.39, 0.29) is 17.4 Å². The lowest BCUT2D eigenvalue weighted by atomic mass is 10.0. The normalized spacial score (nSPS) is 12.2. The molecule has 0 saturated carbocycles. The van der Waals surface area contributed by atoms with Gasteiger partial charge in [0.25, 0.3) is 0 Å². The second kappa shape index (κ2) is 12.5. The van der Waals surface area contributed by atoms with E-state index in [4.69, 9.17) is 16.3 Å². The number of benzene rings is 2. The van der Waals surface area contributed by atoms with Crippen molar-refractivity contribution in [3.8, 4) is 5.75 Å². The first-order chi connectivity index (χ1) is 15.2. The SMILES string of the molecule is CC[C@H](C(=O)NC(C)(C)C)N(CCc1ccccc1)C(=O)CCCOc1ccc(Cl)cc1. The Bertz CT molecular complexity index is 848. The van der Waals surface area contributed by atoms with Crippen LogP contribution < -0.4 is 10.1 Å². The van der Waals surface area contributed by atoms with E-state index in [9.17, 15) is 9.59 Å². The van der Waals surface area contributed by atoms with Gasteiger partial charge < -0.3 is 15.0 Å². The van der Waals surface area contributed by atoms with Crippen LogP contribution >= 0.6 is 11.6 Å². The lowest BCUT2D eigenvalue weighted by Crippen LogP contribution is -2.54. The molecule has 2 aromatic rings. The summed E-state index contributed by atoms with van der Waals surface area (Å²) in [7, 11) is 0. The Morgan fingerprint density at radius 3 is 2.31 bits per heavy atom. The van der Waals surface area contributed by atoms with Crippen LogP contribution in [0.3, 0.4) is 0 Å². The standard InChI is InChI=1S/C26H35ClN2O3/c1-5-23(25(31)28-26(2,3)4)29(18-17-20-10-7-6-8-11-20)24(30)12-9-19-32-22-15-13-21(27)14-16-22/h6-8,10-11,13-16,23H,5,9,12,17-19H2,1-4H3,(H,28,31)/t23-/m1/s1. The molecule has 0 unspecified atom stereocenters. The molecule has 0 fully saturated rings. The number of ether oxygens (including phenoxy) is 1. The van der Waals surface area contributed by atoms with Crippen LogP contribution in [0, 0.1) is 0 Å². The molecule has 0 saturated heterocycles. The Labute approximate surface area is 197 Å². The van der Waals surface area contributed by atoms with E-state index >= 15 is 0 Å². The van der Waals surface area contributed by atoms with E-state index in [2.05, 4.69) is 5.32 Å².